The van der Waals surface area contributed by atoms with E-state index < -0.39 is 5.60 Å². The largest absolute Gasteiger partial charge is 0.393 e. The predicted molar refractivity (Wildman–Crippen MR) is 132 cm³/mol. The number of rotatable bonds is 4. The van der Waals surface area contributed by atoms with Gasteiger partial charge in [0.1, 0.15) is 0 Å². The first kappa shape index (κ1) is 23.4. The molecule has 11 atom stereocenters. The fraction of sp³-hybridized carbons (Fsp3) is 0.933. The second-order valence-electron chi connectivity index (χ2n) is 14.2. The zero-order chi connectivity index (χ0) is 23.3. The second-order valence-corrected chi connectivity index (χ2v) is 14.2. The lowest BCUT2D eigenvalue weighted by molar-refractivity contribution is -0.190. The number of fused-ring (bicyclic) bond motifs is 5. The second kappa shape index (κ2) is 7.33. The normalized spacial score (nSPS) is 54.3. The molecular weight excluding hydrogens is 392 g/mol. The lowest BCUT2D eigenvalue weighted by Crippen LogP contribution is -2.63. The molecule has 0 bridgehead atoms. The van der Waals surface area contributed by atoms with E-state index in [1.807, 2.05) is 0 Å². The Morgan fingerprint density at radius 1 is 0.906 bits per heavy atom. The molecule has 0 saturated heterocycles. The summed E-state index contributed by atoms with van der Waals surface area (Å²) < 4.78 is 0. The zero-order valence-electron chi connectivity index (χ0n) is 22.0. The highest BCUT2D eigenvalue weighted by molar-refractivity contribution is 5.30. The molecule has 0 aromatic heterocycles. The maximum Gasteiger partial charge on any atom is 0.0772 e. The molecule has 0 spiro atoms. The molecule has 182 valence electrons. The van der Waals surface area contributed by atoms with E-state index in [-0.39, 0.29) is 11.5 Å². The van der Waals surface area contributed by atoms with Crippen molar-refractivity contribution in [2.75, 3.05) is 0 Å². The summed E-state index contributed by atoms with van der Waals surface area (Å²) in [6.07, 6.45) is 12.1. The Labute approximate surface area is 197 Å². The van der Waals surface area contributed by atoms with E-state index in [0.717, 1.165) is 61.7 Å². The molecule has 0 aliphatic heterocycles. The van der Waals surface area contributed by atoms with E-state index in [2.05, 4.69) is 54.5 Å². The van der Waals surface area contributed by atoms with Gasteiger partial charge in [-0.05, 0) is 110 Å². The van der Waals surface area contributed by atoms with Crippen LogP contribution in [0, 0.1) is 57.7 Å². The molecule has 0 heterocycles. The van der Waals surface area contributed by atoms with Gasteiger partial charge >= 0.3 is 0 Å². The van der Waals surface area contributed by atoms with Crippen LogP contribution in [-0.2, 0) is 0 Å². The molecule has 32 heavy (non-hydrogen) atoms. The van der Waals surface area contributed by atoms with E-state index in [4.69, 9.17) is 0 Å². The van der Waals surface area contributed by atoms with Gasteiger partial charge in [-0.25, -0.2) is 0 Å². The summed E-state index contributed by atoms with van der Waals surface area (Å²) in [4.78, 5) is 0. The highest BCUT2D eigenvalue weighted by atomic mass is 16.3. The van der Waals surface area contributed by atoms with E-state index >= 15 is 0 Å². The first-order valence-electron chi connectivity index (χ1n) is 14.0. The van der Waals surface area contributed by atoms with Crippen molar-refractivity contribution in [1.29, 1.82) is 0 Å². The molecule has 2 N–H and O–H groups in total. The first-order valence-corrected chi connectivity index (χ1v) is 14.0. The summed E-state index contributed by atoms with van der Waals surface area (Å²) in [5.74, 6) is 5.14. The Balaban J connectivity index is 1.39. The molecule has 0 amide bonds. The summed E-state index contributed by atoms with van der Waals surface area (Å²) in [5.41, 5.74) is 1.59. The van der Waals surface area contributed by atoms with Crippen LogP contribution in [0.1, 0.15) is 106 Å². The van der Waals surface area contributed by atoms with Gasteiger partial charge in [0.2, 0.25) is 0 Å². The van der Waals surface area contributed by atoms with Gasteiger partial charge in [0.25, 0.3) is 0 Å². The molecule has 5 aliphatic rings. The van der Waals surface area contributed by atoms with Crippen LogP contribution >= 0.6 is 0 Å². The molecule has 0 aromatic carbocycles. The molecule has 5 rings (SSSR count). The van der Waals surface area contributed by atoms with Crippen molar-refractivity contribution < 1.29 is 10.2 Å². The molecule has 0 radical (unpaired) electrons. The number of hydrogen-bond acceptors (Lipinski definition) is 2. The number of allylic oxidation sites excluding steroid dienone is 1. The molecular formula is C30H50O2. The Kier molecular flexibility index (Phi) is 5.36. The lowest BCUT2D eigenvalue weighted by Gasteiger charge is -2.63. The molecule has 4 fully saturated rings. The van der Waals surface area contributed by atoms with Crippen LogP contribution in [0.2, 0.25) is 0 Å². The van der Waals surface area contributed by atoms with Crippen molar-refractivity contribution in [3.8, 4) is 0 Å². The summed E-state index contributed by atoms with van der Waals surface area (Å²) in [6.45, 7) is 17.4. The predicted octanol–water partition coefficient (Wildman–Crippen LogP) is 7.00. The van der Waals surface area contributed by atoms with E-state index in [0.29, 0.717) is 22.7 Å². The van der Waals surface area contributed by atoms with E-state index in [9.17, 15) is 10.2 Å². The Bertz CT molecular complexity index is 786. The van der Waals surface area contributed by atoms with Crippen LogP contribution in [0.5, 0.6) is 0 Å². The molecule has 4 saturated carbocycles. The average Bonchev–Trinajstić information content (AvgIpc) is 3.31. The zero-order valence-corrected chi connectivity index (χ0v) is 22.0. The topological polar surface area (TPSA) is 40.5 Å². The van der Waals surface area contributed by atoms with Crippen LogP contribution < -0.4 is 0 Å². The lowest BCUT2D eigenvalue weighted by atomic mass is 9.44. The van der Waals surface area contributed by atoms with Crippen LogP contribution in [0.25, 0.3) is 0 Å². The van der Waals surface area contributed by atoms with Gasteiger partial charge in [-0.15, -0.1) is 0 Å². The number of aliphatic hydroxyl groups is 2. The fourth-order valence-corrected chi connectivity index (χ4v) is 10.2. The highest BCUT2D eigenvalue weighted by Crippen LogP contribution is 2.72. The van der Waals surface area contributed by atoms with Crippen molar-refractivity contribution in [3.05, 3.63) is 11.6 Å². The monoisotopic (exact) mass is 442 g/mol. The average molecular weight is 443 g/mol. The van der Waals surface area contributed by atoms with Gasteiger partial charge in [0.15, 0.2) is 0 Å². The summed E-state index contributed by atoms with van der Waals surface area (Å²) >= 11 is 0. The Hall–Kier alpha value is -0.340. The third kappa shape index (κ3) is 2.96. The summed E-state index contributed by atoms with van der Waals surface area (Å²) in [7, 11) is 0. The standard InChI is InChI=1S/C30H50O2/c1-18(2)20(4)28(6)17-26(28)19(3)23-10-11-24-25-9-8-21-16-22(31)12-13-29(21,7)30(25,32)15-14-27(23,24)5/h8,18-20,22-26,31-32H,9-17H2,1-7H3/t19-,20+,22-,23+,24-,25?,26?,27+,28+,29-,30+/m0/s1. The molecule has 2 heteroatoms. The smallest absolute Gasteiger partial charge is 0.0772 e. The maximum atomic E-state index is 12.3. The van der Waals surface area contributed by atoms with E-state index in [1.165, 1.54) is 31.3 Å². The minimum absolute atomic E-state index is 0.123. The van der Waals surface area contributed by atoms with E-state index in [1.54, 1.807) is 0 Å². The van der Waals surface area contributed by atoms with Crippen LogP contribution in [0.15, 0.2) is 11.6 Å². The fourth-order valence-electron chi connectivity index (χ4n) is 10.2. The van der Waals surface area contributed by atoms with Gasteiger partial charge in [0.05, 0.1) is 11.7 Å². The van der Waals surface area contributed by atoms with Crippen molar-refractivity contribution in [3.63, 3.8) is 0 Å². The first-order chi connectivity index (χ1) is 14.9. The van der Waals surface area contributed by atoms with Gasteiger partial charge in [-0.1, -0.05) is 60.1 Å². The van der Waals surface area contributed by atoms with Gasteiger partial charge in [-0.2, -0.15) is 0 Å². The third-order valence-corrected chi connectivity index (χ3v) is 13.0. The molecule has 5 aliphatic carbocycles. The van der Waals surface area contributed by atoms with Gasteiger partial charge in [0, 0.05) is 5.41 Å². The third-order valence-electron chi connectivity index (χ3n) is 13.0. The summed E-state index contributed by atoms with van der Waals surface area (Å²) in [6, 6.07) is 0. The molecule has 0 aromatic rings. The van der Waals surface area contributed by atoms with Gasteiger partial charge < -0.3 is 10.2 Å². The van der Waals surface area contributed by atoms with Crippen molar-refractivity contribution in [2.24, 2.45) is 57.7 Å². The Morgan fingerprint density at radius 2 is 1.62 bits per heavy atom. The molecule has 2 nitrogen and oxygen atoms in total. The highest BCUT2D eigenvalue weighted by Gasteiger charge is 2.67. The summed E-state index contributed by atoms with van der Waals surface area (Å²) in [5, 5.41) is 22.6. The van der Waals surface area contributed by atoms with Gasteiger partial charge in [-0.3, -0.25) is 0 Å². The Morgan fingerprint density at radius 3 is 2.31 bits per heavy atom. The number of aliphatic hydroxyl groups excluding tert-OH is 1. The van der Waals surface area contributed by atoms with Crippen molar-refractivity contribution in [1.82, 2.24) is 0 Å². The van der Waals surface area contributed by atoms with Crippen molar-refractivity contribution >= 4 is 0 Å². The SMILES string of the molecule is CC(C)[C@@H](C)[C@@]1(C)CC1[C@@H](C)[C@H]1CC[C@H]2C3CC=C4C[C@@H](O)CC[C@]4(C)[C@@]3(O)CC[C@]12C. The van der Waals surface area contributed by atoms with Crippen LogP contribution in [-0.4, -0.2) is 21.9 Å². The van der Waals surface area contributed by atoms with Crippen LogP contribution in [0.3, 0.4) is 0 Å². The minimum Gasteiger partial charge on any atom is -0.393 e. The quantitative estimate of drug-likeness (QED) is 0.460. The number of hydrogen-bond donors (Lipinski definition) is 2. The van der Waals surface area contributed by atoms with Crippen LogP contribution in [0.4, 0.5) is 0 Å². The molecule has 2 unspecified atom stereocenters. The van der Waals surface area contributed by atoms with Crippen molar-refractivity contribution in [2.45, 2.75) is 118 Å². The maximum absolute atomic E-state index is 12.3. The minimum atomic E-state index is -0.570.